The van der Waals surface area contributed by atoms with Crippen LogP contribution in [0.15, 0.2) is 92.9 Å². The Morgan fingerprint density at radius 3 is 1.72 bits per heavy atom. The van der Waals surface area contributed by atoms with Crippen LogP contribution in [0.1, 0.15) is 70.2 Å². The van der Waals surface area contributed by atoms with E-state index in [0.29, 0.717) is 0 Å². The zero-order chi connectivity index (χ0) is 34.0. The molecule has 2 fully saturated rings. The Balaban J connectivity index is 0.000000135. The summed E-state index contributed by atoms with van der Waals surface area (Å²) in [6, 6.07) is 26.7. The van der Waals surface area contributed by atoms with E-state index in [1.807, 2.05) is 0 Å². The maximum absolute atomic E-state index is 5.75. The van der Waals surface area contributed by atoms with E-state index in [1.54, 1.807) is 36.5 Å². The fraction of sp³-hybridized carbons (Fsp3) is 0.364. The Hall–Kier alpha value is -3.16. The summed E-state index contributed by atoms with van der Waals surface area (Å²) in [6.07, 6.45) is 8.47. The minimum absolute atomic E-state index is 0.105. The molecule has 2 aliphatic heterocycles. The van der Waals surface area contributed by atoms with Crippen LogP contribution >= 0.6 is 31.9 Å². The predicted molar refractivity (Wildman–Crippen MR) is 206 cm³/mol. The van der Waals surface area contributed by atoms with Crippen molar-refractivity contribution in [1.82, 2.24) is 0 Å². The van der Waals surface area contributed by atoms with Gasteiger partial charge in [-0.3, -0.25) is 0 Å². The van der Waals surface area contributed by atoms with Crippen molar-refractivity contribution in [1.29, 1.82) is 0 Å². The Labute approximate surface area is 312 Å². The highest BCUT2D eigenvalue weighted by molar-refractivity contribution is 9.10. The molecule has 0 amide bonds. The van der Waals surface area contributed by atoms with Crippen LogP contribution in [0.5, 0.6) is 11.5 Å². The summed E-state index contributed by atoms with van der Waals surface area (Å²) >= 11 is 7.45. The van der Waals surface area contributed by atoms with Crippen LogP contribution in [0.2, 0.25) is 0 Å². The van der Waals surface area contributed by atoms with Gasteiger partial charge in [0.05, 0.1) is 14.2 Å². The van der Waals surface area contributed by atoms with Crippen LogP contribution in [0, 0.1) is 0 Å². The molecule has 50 heavy (non-hydrogen) atoms. The molecule has 10 rings (SSSR count). The molecular weight excluding hydrogens is 752 g/mol. The van der Waals surface area contributed by atoms with Gasteiger partial charge >= 0.3 is 0 Å². The van der Waals surface area contributed by atoms with Gasteiger partial charge in [0.1, 0.15) is 11.5 Å². The molecule has 4 aliphatic carbocycles. The van der Waals surface area contributed by atoms with Gasteiger partial charge in [0.2, 0.25) is 0 Å². The molecule has 4 nitrogen and oxygen atoms in total. The third-order valence-corrected chi connectivity index (χ3v) is 13.7. The van der Waals surface area contributed by atoms with Crippen LogP contribution in [0.3, 0.4) is 0 Å². The van der Waals surface area contributed by atoms with Crippen LogP contribution < -0.4 is 9.47 Å². The molecule has 0 aromatic heterocycles. The van der Waals surface area contributed by atoms with E-state index in [0.717, 1.165) is 89.3 Å². The molecule has 2 heterocycles. The second kappa shape index (κ2) is 12.8. The lowest BCUT2D eigenvalue weighted by Crippen LogP contribution is -2.39. The fourth-order valence-electron chi connectivity index (χ4n) is 10.1. The lowest BCUT2D eigenvalue weighted by Gasteiger charge is -2.44. The molecule has 2 saturated heterocycles. The maximum atomic E-state index is 5.75. The molecule has 4 aromatic carbocycles. The van der Waals surface area contributed by atoms with Crippen LogP contribution in [0.4, 0.5) is 0 Å². The molecule has 0 N–H and O–H groups in total. The van der Waals surface area contributed by atoms with Crippen LogP contribution in [-0.4, -0.2) is 40.6 Å². The van der Waals surface area contributed by atoms with Crippen LogP contribution in [0.25, 0.3) is 11.1 Å². The van der Waals surface area contributed by atoms with Gasteiger partial charge < -0.3 is 18.9 Å². The quantitative estimate of drug-likeness (QED) is 0.203. The lowest BCUT2D eigenvalue weighted by molar-refractivity contribution is 0.0606. The van der Waals surface area contributed by atoms with Gasteiger partial charge in [-0.1, -0.05) is 73.3 Å². The smallest absolute Gasteiger partial charge is 0.119 e. The summed E-state index contributed by atoms with van der Waals surface area (Å²) in [7, 11) is 3.52. The Morgan fingerprint density at radius 1 is 0.560 bits per heavy atom. The Morgan fingerprint density at radius 2 is 1.12 bits per heavy atom. The Bertz CT molecular complexity index is 2080. The topological polar surface area (TPSA) is 36.9 Å². The number of allylic oxidation sites excluding steroid dienone is 4. The van der Waals surface area contributed by atoms with Gasteiger partial charge in [0.25, 0.3) is 0 Å². The first kappa shape index (κ1) is 32.7. The van der Waals surface area contributed by atoms with Crippen molar-refractivity contribution >= 4 is 43.0 Å². The SMILES string of the molecule is COc1ccc2c(c1)C1(CCOCC1)C1=C(C2)c2c(Br)cccc2C1.COc1ccc2c(c1)C1(CCOCC1)C1=C(C2)c2ccc(Br)cc2C1. The molecule has 4 aromatic rings. The van der Waals surface area contributed by atoms with E-state index in [9.17, 15) is 0 Å². The van der Waals surface area contributed by atoms with Gasteiger partial charge in [-0.05, 0) is 149 Å². The van der Waals surface area contributed by atoms with E-state index in [1.165, 1.54) is 53.5 Å². The van der Waals surface area contributed by atoms with Crippen molar-refractivity contribution in [2.24, 2.45) is 0 Å². The molecule has 6 heteroatoms. The number of hydrogen-bond donors (Lipinski definition) is 0. The predicted octanol–water partition coefficient (Wildman–Crippen LogP) is 10.1. The van der Waals surface area contributed by atoms with Gasteiger partial charge in [0, 0.05) is 46.2 Å². The van der Waals surface area contributed by atoms with Gasteiger partial charge in [-0.25, -0.2) is 0 Å². The van der Waals surface area contributed by atoms with E-state index in [4.69, 9.17) is 18.9 Å². The average molecular weight is 795 g/mol. The maximum Gasteiger partial charge on any atom is 0.119 e. The minimum atomic E-state index is 0.105. The summed E-state index contributed by atoms with van der Waals surface area (Å²) in [5, 5.41) is 0. The van der Waals surface area contributed by atoms with Gasteiger partial charge in [-0.15, -0.1) is 0 Å². The summed E-state index contributed by atoms with van der Waals surface area (Å²) in [4.78, 5) is 0. The molecule has 0 atom stereocenters. The standard InChI is InChI=1S/2C22H21BrO2/c1-24-17-4-2-14-11-19-18-5-3-16(23)10-15(18)12-21(19)22(20(14)13-17)6-8-25-9-7-22;1-24-16-6-5-14-11-17-19(12-15-3-2-4-20(23)21(15)17)22(18(14)13-16)7-9-25-10-8-22/h2-5,10,13H,6-9,11-12H2,1H3;2-6,13H,7-12H2,1H3. The molecule has 256 valence electrons. The number of hydrogen-bond acceptors (Lipinski definition) is 4. The highest BCUT2D eigenvalue weighted by Gasteiger charge is 2.47. The van der Waals surface area contributed by atoms with E-state index in [2.05, 4.69) is 105 Å². The highest BCUT2D eigenvalue weighted by atomic mass is 79.9. The molecule has 0 saturated carbocycles. The highest BCUT2D eigenvalue weighted by Crippen LogP contribution is 2.57. The minimum Gasteiger partial charge on any atom is -0.497 e. The third kappa shape index (κ3) is 5.11. The first-order chi connectivity index (χ1) is 24.4. The average Bonchev–Trinajstić information content (AvgIpc) is 3.72. The summed E-state index contributed by atoms with van der Waals surface area (Å²) in [5.74, 6) is 1.93. The van der Waals surface area contributed by atoms with Crippen molar-refractivity contribution in [3.05, 3.63) is 137 Å². The van der Waals surface area contributed by atoms with Crippen LogP contribution in [-0.2, 0) is 46.0 Å². The second-order valence-corrected chi connectivity index (χ2v) is 16.4. The van der Waals surface area contributed by atoms with Gasteiger partial charge in [0.15, 0.2) is 0 Å². The molecule has 0 radical (unpaired) electrons. The van der Waals surface area contributed by atoms with Crippen molar-refractivity contribution < 1.29 is 18.9 Å². The number of rotatable bonds is 2. The van der Waals surface area contributed by atoms with E-state index >= 15 is 0 Å². The van der Waals surface area contributed by atoms with Crippen molar-refractivity contribution in [3.63, 3.8) is 0 Å². The number of benzene rings is 4. The molecule has 0 unspecified atom stereocenters. The monoisotopic (exact) mass is 792 g/mol. The lowest BCUT2D eigenvalue weighted by atomic mass is 9.62. The normalized spacial score (nSPS) is 20.2. The molecule has 2 spiro atoms. The Kier molecular flexibility index (Phi) is 8.38. The molecule has 6 aliphatic rings. The zero-order valence-corrected chi connectivity index (χ0v) is 32.0. The van der Waals surface area contributed by atoms with Gasteiger partial charge in [-0.2, -0.15) is 0 Å². The number of methoxy groups -OCH3 is 2. The van der Waals surface area contributed by atoms with E-state index in [-0.39, 0.29) is 10.8 Å². The summed E-state index contributed by atoms with van der Waals surface area (Å²) in [6.45, 7) is 3.36. The zero-order valence-electron chi connectivity index (χ0n) is 28.8. The van der Waals surface area contributed by atoms with Crippen molar-refractivity contribution in [2.45, 2.75) is 62.2 Å². The number of fused-ring (bicyclic) bond motifs is 10. The summed E-state index contributed by atoms with van der Waals surface area (Å²) < 4.78 is 25.0. The molecule has 0 bridgehead atoms. The largest absolute Gasteiger partial charge is 0.497 e. The first-order valence-electron chi connectivity index (χ1n) is 18.0. The third-order valence-electron chi connectivity index (χ3n) is 12.5. The summed E-state index contributed by atoms with van der Waals surface area (Å²) in [5.41, 5.74) is 18.2. The number of halogens is 2. The molecular formula is C44H42Br2O4. The van der Waals surface area contributed by atoms with Crippen molar-refractivity contribution in [3.8, 4) is 11.5 Å². The fourth-order valence-corrected chi connectivity index (χ4v) is 11.2. The first-order valence-corrected chi connectivity index (χ1v) is 19.5. The number of ether oxygens (including phenoxy) is 4. The van der Waals surface area contributed by atoms with Crippen molar-refractivity contribution in [2.75, 3.05) is 40.6 Å². The van der Waals surface area contributed by atoms with E-state index < -0.39 is 0 Å². The second-order valence-electron chi connectivity index (χ2n) is 14.6.